The van der Waals surface area contributed by atoms with E-state index in [0.29, 0.717) is 5.69 Å². The highest BCUT2D eigenvalue weighted by Gasteiger charge is 2.57. The highest BCUT2D eigenvalue weighted by atomic mass is 35.5. The summed E-state index contributed by atoms with van der Waals surface area (Å²) in [5.74, 6) is -2.66. The Morgan fingerprint density at radius 3 is 2.50 bits per heavy atom. The van der Waals surface area contributed by atoms with Crippen molar-refractivity contribution in [1.82, 2.24) is 9.55 Å². The standard InChI is InChI=1S/C8H10ClF2N3/c1-14-4-13-6(9)5(14)7(12)2-8(10,11)3-7/h4H,2-3,12H2,1H3. The predicted octanol–water partition coefficient (Wildman–Crippen LogP) is 1.66. The van der Waals surface area contributed by atoms with Crippen LogP contribution in [0.25, 0.3) is 0 Å². The maximum atomic E-state index is 12.7. The molecule has 0 bridgehead atoms. The van der Waals surface area contributed by atoms with E-state index in [-0.39, 0.29) is 18.0 Å². The molecule has 78 valence electrons. The van der Waals surface area contributed by atoms with E-state index in [0.717, 1.165) is 0 Å². The molecule has 1 heterocycles. The van der Waals surface area contributed by atoms with Crippen LogP contribution in [0.3, 0.4) is 0 Å². The third kappa shape index (κ3) is 1.31. The van der Waals surface area contributed by atoms with Crippen LogP contribution >= 0.6 is 11.6 Å². The maximum Gasteiger partial charge on any atom is 0.252 e. The summed E-state index contributed by atoms with van der Waals surface area (Å²) in [6, 6.07) is 0. The molecule has 1 fully saturated rings. The van der Waals surface area contributed by atoms with Crippen LogP contribution in [0, 0.1) is 0 Å². The van der Waals surface area contributed by atoms with Gasteiger partial charge in [-0.25, -0.2) is 13.8 Å². The van der Waals surface area contributed by atoms with E-state index in [1.807, 2.05) is 0 Å². The van der Waals surface area contributed by atoms with Crippen LogP contribution in [0.4, 0.5) is 8.78 Å². The molecule has 0 atom stereocenters. The Labute approximate surface area is 84.9 Å². The predicted molar refractivity (Wildman–Crippen MR) is 48.3 cm³/mol. The molecule has 0 aromatic carbocycles. The Kier molecular flexibility index (Phi) is 1.88. The van der Waals surface area contributed by atoms with Crippen molar-refractivity contribution < 1.29 is 8.78 Å². The third-order valence-electron chi connectivity index (χ3n) is 2.51. The molecule has 0 aliphatic heterocycles. The lowest BCUT2D eigenvalue weighted by molar-refractivity contribution is -0.126. The van der Waals surface area contributed by atoms with Crippen molar-refractivity contribution in [3.63, 3.8) is 0 Å². The van der Waals surface area contributed by atoms with Gasteiger partial charge in [0, 0.05) is 19.9 Å². The summed E-state index contributed by atoms with van der Waals surface area (Å²) in [7, 11) is 1.69. The normalized spacial score (nSPS) is 23.2. The molecule has 0 radical (unpaired) electrons. The Morgan fingerprint density at radius 1 is 1.57 bits per heavy atom. The molecule has 0 saturated heterocycles. The minimum absolute atomic E-state index is 0.213. The number of hydrogen-bond acceptors (Lipinski definition) is 2. The second-order valence-electron chi connectivity index (χ2n) is 3.86. The lowest BCUT2D eigenvalue weighted by atomic mass is 9.72. The second kappa shape index (κ2) is 2.67. The zero-order chi connectivity index (χ0) is 10.6. The van der Waals surface area contributed by atoms with E-state index < -0.39 is 11.5 Å². The quantitative estimate of drug-likeness (QED) is 0.784. The number of aromatic nitrogens is 2. The van der Waals surface area contributed by atoms with Crippen molar-refractivity contribution in [1.29, 1.82) is 0 Å². The number of rotatable bonds is 1. The summed E-state index contributed by atoms with van der Waals surface area (Å²) < 4.78 is 27.1. The monoisotopic (exact) mass is 221 g/mol. The van der Waals surface area contributed by atoms with Crippen molar-refractivity contribution in [3.05, 3.63) is 17.2 Å². The van der Waals surface area contributed by atoms with Crippen LogP contribution in [-0.2, 0) is 12.6 Å². The first kappa shape index (κ1) is 9.86. The van der Waals surface area contributed by atoms with Crippen LogP contribution in [0.15, 0.2) is 6.33 Å². The molecule has 2 rings (SSSR count). The number of imidazole rings is 1. The fourth-order valence-electron chi connectivity index (χ4n) is 2.00. The largest absolute Gasteiger partial charge is 0.335 e. The smallest absolute Gasteiger partial charge is 0.252 e. The molecule has 3 nitrogen and oxygen atoms in total. The Morgan fingerprint density at radius 2 is 2.14 bits per heavy atom. The van der Waals surface area contributed by atoms with Crippen molar-refractivity contribution in [2.24, 2.45) is 12.8 Å². The third-order valence-corrected chi connectivity index (χ3v) is 2.79. The molecule has 6 heteroatoms. The van der Waals surface area contributed by atoms with Gasteiger partial charge in [0.25, 0.3) is 5.92 Å². The maximum absolute atomic E-state index is 12.7. The minimum Gasteiger partial charge on any atom is -0.335 e. The summed E-state index contributed by atoms with van der Waals surface area (Å²) in [5, 5.41) is 0.213. The molecule has 2 N–H and O–H groups in total. The van der Waals surface area contributed by atoms with Gasteiger partial charge in [-0.3, -0.25) is 0 Å². The minimum atomic E-state index is -2.66. The number of hydrogen-bond donors (Lipinski definition) is 1. The molecule has 1 saturated carbocycles. The van der Waals surface area contributed by atoms with Crippen LogP contribution in [0.2, 0.25) is 5.15 Å². The van der Waals surface area contributed by atoms with Gasteiger partial charge >= 0.3 is 0 Å². The fourth-order valence-corrected chi connectivity index (χ4v) is 2.36. The summed E-state index contributed by atoms with van der Waals surface area (Å²) in [6.07, 6.45) is 0.751. The Hall–Kier alpha value is -0.680. The molecule has 14 heavy (non-hydrogen) atoms. The van der Waals surface area contributed by atoms with Gasteiger partial charge < -0.3 is 10.3 Å². The zero-order valence-corrected chi connectivity index (χ0v) is 8.35. The van der Waals surface area contributed by atoms with Gasteiger partial charge in [0.2, 0.25) is 0 Å². The molecule has 0 unspecified atom stereocenters. The topological polar surface area (TPSA) is 43.8 Å². The summed E-state index contributed by atoms with van der Waals surface area (Å²) in [5.41, 5.74) is 5.29. The van der Waals surface area contributed by atoms with E-state index in [1.54, 1.807) is 11.6 Å². The molecule has 1 aromatic rings. The summed E-state index contributed by atoms with van der Waals surface area (Å²) in [4.78, 5) is 3.82. The van der Waals surface area contributed by atoms with Gasteiger partial charge in [-0.1, -0.05) is 11.6 Å². The van der Waals surface area contributed by atoms with Crippen molar-refractivity contribution >= 4 is 11.6 Å². The van der Waals surface area contributed by atoms with E-state index in [4.69, 9.17) is 17.3 Å². The van der Waals surface area contributed by atoms with E-state index >= 15 is 0 Å². The molecular weight excluding hydrogens is 212 g/mol. The molecule has 1 aromatic heterocycles. The molecule has 1 aliphatic carbocycles. The highest BCUT2D eigenvalue weighted by molar-refractivity contribution is 6.30. The first-order chi connectivity index (χ1) is 6.34. The van der Waals surface area contributed by atoms with Crippen LogP contribution in [-0.4, -0.2) is 15.5 Å². The van der Waals surface area contributed by atoms with Crippen molar-refractivity contribution in [2.45, 2.75) is 24.3 Å². The number of alkyl halides is 2. The van der Waals surface area contributed by atoms with E-state index in [2.05, 4.69) is 4.98 Å². The summed E-state index contributed by atoms with van der Waals surface area (Å²) >= 11 is 5.78. The fraction of sp³-hybridized carbons (Fsp3) is 0.625. The average Bonchev–Trinajstić information content (AvgIpc) is 2.26. The lowest BCUT2D eigenvalue weighted by Crippen LogP contribution is -2.56. The first-order valence-corrected chi connectivity index (χ1v) is 4.56. The van der Waals surface area contributed by atoms with Gasteiger partial charge in [-0.05, 0) is 0 Å². The highest BCUT2D eigenvalue weighted by Crippen LogP contribution is 2.50. The zero-order valence-electron chi connectivity index (χ0n) is 7.60. The van der Waals surface area contributed by atoms with Gasteiger partial charge in [-0.15, -0.1) is 0 Å². The van der Waals surface area contributed by atoms with Gasteiger partial charge in [-0.2, -0.15) is 0 Å². The van der Waals surface area contributed by atoms with Gasteiger partial charge in [0.05, 0.1) is 17.6 Å². The van der Waals surface area contributed by atoms with Gasteiger partial charge in [0.1, 0.15) is 0 Å². The van der Waals surface area contributed by atoms with Crippen molar-refractivity contribution in [2.75, 3.05) is 0 Å². The van der Waals surface area contributed by atoms with Crippen LogP contribution < -0.4 is 5.73 Å². The van der Waals surface area contributed by atoms with Crippen molar-refractivity contribution in [3.8, 4) is 0 Å². The number of nitrogens with zero attached hydrogens (tertiary/aromatic N) is 2. The SMILES string of the molecule is Cn1cnc(Cl)c1C1(N)CC(F)(F)C1. The molecule has 1 aliphatic rings. The average molecular weight is 222 g/mol. The number of halogens is 3. The number of nitrogens with two attached hydrogens (primary N) is 1. The molecular formula is C8H10ClF2N3. The number of aryl methyl sites for hydroxylation is 1. The molecule has 0 spiro atoms. The Balaban J connectivity index is 2.33. The van der Waals surface area contributed by atoms with Crippen LogP contribution in [0.5, 0.6) is 0 Å². The lowest BCUT2D eigenvalue weighted by Gasteiger charge is -2.44. The molecule has 0 amide bonds. The van der Waals surface area contributed by atoms with Gasteiger partial charge in [0.15, 0.2) is 5.15 Å². The van der Waals surface area contributed by atoms with Crippen LogP contribution in [0.1, 0.15) is 18.5 Å². The second-order valence-corrected chi connectivity index (χ2v) is 4.22. The van der Waals surface area contributed by atoms with E-state index in [1.165, 1.54) is 6.33 Å². The first-order valence-electron chi connectivity index (χ1n) is 4.18. The summed E-state index contributed by atoms with van der Waals surface area (Å²) in [6.45, 7) is 0. The Bertz CT molecular complexity index is 347. The van der Waals surface area contributed by atoms with E-state index in [9.17, 15) is 8.78 Å².